The summed E-state index contributed by atoms with van der Waals surface area (Å²) in [5, 5.41) is 39.6. The molecule has 0 aliphatic carbocycles. The van der Waals surface area contributed by atoms with Crippen molar-refractivity contribution in [2.45, 2.75) is 24.5 Å². The second-order valence-electron chi connectivity index (χ2n) is 3.79. The molecule has 100 valence electrons. The van der Waals surface area contributed by atoms with Gasteiger partial charge >= 0.3 is 5.69 Å². The largest absolute Gasteiger partial charge is 0.409 e. The van der Waals surface area contributed by atoms with Crippen LogP contribution in [0.1, 0.15) is 7.60 Å². The molecule has 1 saturated heterocycles. The summed E-state index contributed by atoms with van der Waals surface area (Å²) in [7, 11) is 0. The number of rotatable bonds is 2. The van der Waals surface area contributed by atoms with Crippen molar-refractivity contribution in [1.29, 1.82) is 0 Å². The van der Waals surface area contributed by atoms with Gasteiger partial charge in [-0.25, -0.2) is 4.79 Å². The number of aliphatic hydroxyl groups excluding tert-OH is 3. The zero-order valence-corrected chi connectivity index (χ0v) is 9.09. The third kappa shape index (κ3) is 2.04. The SMILES string of the molecule is [2H]c1cn([C@@H]2O[C@H](CO)C(O)[C@@H]2O)c(=O)[nH]/c1=N\O. The molecule has 4 atom stereocenters. The van der Waals surface area contributed by atoms with Gasteiger partial charge in [-0.2, -0.15) is 0 Å². The Morgan fingerprint density at radius 3 is 2.83 bits per heavy atom. The first kappa shape index (κ1) is 11.4. The molecule has 2 heterocycles. The molecule has 1 aromatic rings. The van der Waals surface area contributed by atoms with E-state index < -0.39 is 36.8 Å². The average Bonchev–Trinajstić information content (AvgIpc) is 2.68. The minimum Gasteiger partial charge on any atom is -0.409 e. The Morgan fingerprint density at radius 1 is 1.56 bits per heavy atom. The summed E-state index contributed by atoms with van der Waals surface area (Å²) in [4.78, 5) is 13.8. The molecular weight excluding hydrogens is 246 g/mol. The fourth-order valence-electron chi connectivity index (χ4n) is 1.74. The lowest BCUT2D eigenvalue weighted by molar-refractivity contribution is -0.0550. The summed E-state index contributed by atoms with van der Waals surface area (Å²) < 4.78 is 13.5. The van der Waals surface area contributed by atoms with E-state index >= 15 is 0 Å². The van der Waals surface area contributed by atoms with Gasteiger partial charge in [0, 0.05) is 12.2 Å². The molecule has 0 saturated carbocycles. The fraction of sp³-hybridized carbons (Fsp3) is 0.556. The fourth-order valence-corrected chi connectivity index (χ4v) is 1.74. The number of hydrogen-bond donors (Lipinski definition) is 5. The highest BCUT2D eigenvalue weighted by Crippen LogP contribution is 2.27. The standard InChI is InChI=1S/C9H13N3O6/c13-3-4-6(14)7(15)8(18-4)12-2-1-5(11-17)10-9(12)16/h1-2,4,6-8,13-15,17H,3H2,(H,10,11,16)/t4-,6?,7+,8-/m1/s1/i1D. The molecule has 9 heteroatoms. The van der Waals surface area contributed by atoms with Crippen molar-refractivity contribution >= 4 is 0 Å². The molecule has 1 fully saturated rings. The zero-order chi connectivity index (χ0) is 14.2. The molecule has 2 rings (SSSR count). The maximum absolute atomic E-state index is 11.7. The lowest BCUT2D eigenvalue weighted by atomic mass is 10.1. The first-order valence-electron chi connectivity index (χ1n) is 5.62. The van der Waals surface area contributed by atoms with E-state index in [1.807, 2.05) is 0 Å². The predicted octanol–water partition coefficient (Wildman–Crippen LogP) is -2.92. The topological polar surface area (TPSA) is 140 Å². The Morgan fingerprint density at radius 2 is 2.28 bits per heavy atom. The number of ether oxygens (including phenoxy) is 1. The molecule has 18 heavy (non-hydrogen) atoms. The number of aromatic nitrogens is 2. The second kappa shape index (κ2) is 4.90. The highest BCUT2D eigenvalue weighted by Gasteiger charge is 2.43. The molecule has 5 N–H and O–H groups in total. The predicted molar refractivity (Wildman–Crippen MR) is 55.4 cm³/mol. The minimum absolute atomic E-state index is 0.306. The van der Waals surface area contributed by atoms with E-state index in [1.54, 1.807) is 0 Å². The van der Waals surface area contributed by atoms with Gasteiger partial charge in [-0.3, -0.25) is 9.55 Å². The number of nitrogens with one attached hydrogen (secondary N) is 1. The molecular formula is C9H13N3O6. The monoisotopic (exact) mass is 260 g/mol. The Bertz CT molecular complexity index is 584. The summed E-state index contributed by atoms with van der Waals surface area (Å²) in [6, 6.07) is -0.306. The molecule has 0 aromatic carbocycles. The highest BCUT2D eigenvalue weighted by molar-refractivity contribution is 4.92. The van der Waals surface area contributed by atoms with E-state index in [2.05, 4.69) is 10.1 Å². The normalized spacial score (nSPS) is 33.7. The first-order chi connectivity index (χ1) is 8.99. The van der Waals surface area contributed by atoms with Gasteiger partial charge in [0.1, 0.15) is 18.3 Å². The van der Waals surface area contributed by atoms with E-state index in [0.29, 0.717) is 0 Å². The van der Waals surface area contributed by atoms with Gasteiger partial charge in [0.2, 0.25) is 0 Å². The molecule has 9 nitrogen and oxygen atoms in total. The van der Waals surface area contributed by atoms with E-state index in [0.717, 1.165) is 10.8 Å². The van der Waals surface area contributed by atoms with E-state index in [9.17, 15) is 15.0 Å². The van der Waals surface area contributed by atoms with Crippen LogP contribution < -0.4 is 11.2 Å². The van der Waals surface area contributed by atoms with Crippen LogP contribution in [0.2, 0.25) is 0 Å². The molecule has 0 spiro atoms. The van der Waals surface area contributed by atoms with Crippen LogP contribution in [0.15, 0.2) is 22.2 Å². The van der Waals surface area contributed by atoms with Gasteiger partial charge in [-0.15, -0.1) is 0 Å². The highest BCUT2D eigenvalue weighted by atomic mass is 16.6. The number of aromatic amines is 1. The van der Waals surface area contributed by atoms with Crippen LogP contribution in [0, 0.1) is 0 Å². The smallest absolute Gasteiger partial charge is 0.329 e. The second-order valence-corrected chi connectivity index (χ2v) is 3.79. The Hall–Kier alpha value is -1.68. The quantitative estimate of drug-likeness (QED) is 0.285. The van der Waals surface area contributed by atoms with Crippen molar-refractivity contribution in [3.8, 4) is 0 Å². The average molecular weight is 260 g/mol. The molecule has 0 radical (unpaired) electrons. The minimum atomic E-state index is -1.43. The van der Waals surface area contributed by atoms with Crippen LogP contribution >= 0.6 is 0 Å². The van der Waals surface area contributed by atoms with E-state index in [4.69, 9.17) is 16.4 Å². The van der Waals surface area contributed by atoms with Gasteiger partial charge in [0.05, 0.1) is 7.98 Å². The van der Waals surface area contributed by atoms with Crippen molar-refractivity contribution in [2.75, 3.05) is 6.61 Å². The zero-order valence-electron chi connectivity index (χ0n) is 10.1. The van der Waals surface area contributed by atoms with E-state index in [-0.39, 0.29) is 11.5 Å². The summed E-state index contributed by atoms with van der Waals surface area (Å²) in [5.41, 5.74) is -1.13. The third-order valence-electron chi connectivity index (χ3n) is 2.69. The van der Waals surface area contributed by atoms with Crippen LogP contribution in [0.25, 0.3) is 0 Å². The molecule has 1 aliphatic heterocycles. The number of hydrogen-bond acceptors (Lipinski definition) is 7. The molecule has 0 bridgehead atoms. The maximum Gasteiger partial charge on any atom is 0.329 e. The van der Waals surface area contributed by atoms with Gasteiger partial charge in [0.25, 0.3) is 0 Å². The summed E-state index contributed by atoms with van der Waals surface area (Å²) >= 11 is 0. The number of nitrogens with zero attached hydrogens (tertiary/aromatic N) is 2. The molecule has 1 aromatic heterocycles. The van der Waals surface area contributed by atoms with Crippen molar-refractivity contribution in [1.82, 2.24) is 9.55 Å². The summed E-state index contributed by atoms with van der Waals surface area (Å²) in [5.74, 6) is 0. The van der Waals surface area contributed by atoms with Crippen molar-refractivity contribution in [3.63, 3.8) is 0 Å². The van der Waals surface area contributed by atoms with Crippen LogP contribution in [0.4, 0.5) is 0 Å². The van der Waals surface area contributed by atoms with Crippen LogP contribution in [-0.4, -0.2) is 55.0 Å². The Kier molecular flexibility index (Phi) is 3.11. The maximum atomic E-state index is 11.7. The first-order valence-corrected chi connectivity index (χ1v) is 5.12. The third-order valence-corrected chi connectivity index (χ3v) is 2.69. The van der Waals surface area contributed by atoms with Crippen molar-refractivity contribution < 1.29 is 26.6 Å². The van der Waals surface area contributed by atoms with Crippen molar-refractivity contribution in [2.24, 2.45) is 5.16 Å². The van der Waals surface area contributed by atoms with Gasteiger partial charge in [0.15, 0.2) is 11.7 Å². The molecule has 0 amide bonds. The Labute approximate surface area is 102 Å². The van der Waals surface area contributed by atoms with Gasteiger partial charge in [-0.1, -0.05) is 5.16 Å². The lowest BCUT2D eigenvalue weighted by Gasteiger charge is -2.16. The number of aliphatic hydroxyl groups is 3. The summed E-state index contributed by atoms with van der Waals surface area (Å²) in [6.45, 7) is -0.523. The Balaban J connectivity index is 2.44. The molecule has 1 unspecified atom stereocenters. The van der Waals surface area contributed by atoms with Gasteiger partial charge in [-0.05, 0) is 0 Å². The van der Waals surface area contributed by atoms with Crippen LogP contribution in [-0.2, 0) is 4.74 Å². The van der Waals surface area contributed by atoms with Crippen LogP contribution in [0.3, 0.4) is 0 Å². The lowest BCUT2D eigenvalue weighted by Crippen LogP contribution is -2.37. The molecule has 1 aliphatic rings. The van der Waals surface area contributed by atoms with E-state index in [1.165, 1.54) is 0 Å². The number of H-pyrrole nitrogens is 1. The summed E-state index contributed by atoms with van der Waals surface area (Å²) in [6.07, 6.45) is -4.05. The van der Waals surface area contributed by atoms with Crippen molar-refractivity contribution in [3.05, 3.63) is 28.2 Å². The van der Waals surface area contributed by atoms with Crippen LogP contribution in [0.5, 0.6) is 0 Å². The van der Waals surface area contributed by atoms with Gasteiger partial charge < -0.3 is 25.3 Å².